The summed E-state index contributed by atoms with van der Waals surface area (Å²) in [5, 5.41) is 12.9. The van der Waals surface area contributed by atoms with Crippen LogP contribution >= 0.6 is 0 Å². The molecule has 18 heavy (non-hydrogen) atoms. The first-order valence-corrected chi connectivity index (χ1v) is 6.94. The molecule has 0 saturated heterocycles. The topological polar surface area (TPSA) is 35.8 Å². The van der Waals surface area contributed by atoms with Crippen LogP contribution in [0.2, 0.25) is 0 Å². The molecule has 1 aliphatic carbocycles. The second kappa shape index (κ2) is 6.02. The monoisotopic (exact) mass is 242 g/mol. The summed E-state index contributed by atoms with van der Waals surface area (Å²) >= 11 is 0. The van der Waals surface area contributed by atoms with Crippen LogP contribution in [-0.2, 0) is 0 Å². The van der Waals surface area contributed by atoms with Crippen molar-refractivity contribution in [3.63, 3.8) is 0 Å². The number of nitriles is 1. The Bertz CT molecular complexity index is 439. The van der Waals surface area contributed by atoms with Crippen molar-refractivity contribution in [2.75, 3.05) is 0 Å². The van der Waals surface area contributed by atoms with Crippen molar-refractivity contribution < 1.29 is 0 Å². The maximum atomic E-state index is 9.41. The van der Waals surface area contributed by atoms with Gasteiger partial charge in [-0.1, -0.05) is 37.5 Å². The molecule has 0 amide bonds. The first-order valence-electron chi connectivity index (χ1n) is 6.94. The van der Waals surface area contributed by atoms with E-state index in [-0.39, 0.29) is 6.04 Å². The van der Waals surface area contributed by atoms with E-state index < -0.39 is 0 Å². The largest absolute Gasteiger partial charge is 0.295 e. The van der Waals surface area contributed by atoms with E-state index in [1.54, 1.807) is 0 Å². The van der Waals surface area contributed by atoms with Crippen molar-refractivity contribution in [3.8, 4) is 6.07 Å². The molecule has 1 unspecified atom stereocenters. The number of nitrogens with zero attached hydrogens (tertiary/aromatic N) is 1. The average Bonchev–Trinajstić information content (AvgIpc) is 2.41. The lowest BCUT2D eigenvalue weighted by atomic mass is 9.92. The molecule has 2 rings (SSSR count). The fraction of sp³-hybridized carbons (Fsp3) is 0.562. The fourth-order valence-electron chi connectivity index (χ4n) is 2.79. The summed E-state index contributed by atoms with van der Waals surface area (Å²) in [6.07, 6.45) is 6.36. The molecule has 1 atom stereocenters. The second-order valence-corrected chi connectivity index (χ2v) is 5.35. The third-order valence-corrected chi connectivity index (χ3v) is 4.09. The normalized spacial score (nSPS) is 18.3. The van der Waals surface area contributed by atoms with E-state index >= 15 is 0 Å². The first kappa shape index (κ1) is 13.1. The highest BCUT2D eigenvalue weighted by Gasteiger charge is 2.20. The first-order chi connectivity index (χ1) is 8.72. The van der Waals surface area contributed by atoms with Crippen LogP contribution in [0.15, 0.2) is 18.2 Å². The van der Waals surface area contributed by atoms with Crippen molar-refractivity contribution in [2.45, 2.75) is 58.0 Å². The van der Waals surface area contributed by atoms with E-state index in [1.807, 2.05) is 6.07 Å². The summed E-state index contributed by atoms with van der Waals surface area (Å²) in [6, 6.07) is 9.01. The minimum atomic E-state index is -0.159. The van der Waals surface area contributed by atoms with Crippen LogP contribution in [0.1, 0.15) is 54.8 Å². The van der Waals surface area contributed by atoms with Gasteiger partial charge in [-0.25, -0.2) is 0 Å². The van der Waals surface area contributed by atoms with Crippen LogP contribution in [0.25, 0.3) is 0 Å². The Kier molecular flexibility index (Phi) is 4.38. The Balaban J connectivity index is 2.13. The number of nitrogens with one attached hydrogen (secondary N) is 1. The van der Waals surface area contributed by atoms with Crippen molar-refractivity contribution in [1.29, 1.82) is 5.26 Å². The van der Waals surface area contributed by atoms with Gasteiger partial charge < -0.3 is 0 Å². The molecule has 1 N–H and O–H groups in total. The quantitative estimate of drug-likeness (QED) is 0.875. The summed E-state index contributed by atoms with van der Waals surface area (Å²) in [4.78, 5) is 0. The molecule has 1 aromatic carbocycles. The molecule has 0 aromatic heterocycles. The van der Waals surface area contributed by atoms with Gasteiger partial charge in [0.2, 0.25) is 0 Å². The van der Waals surface area contributed by atoms with Crippen LogP contribution in [0.4, 0.5) is 0 Å². The fourth-order valence-corrected chi connectivity index (χ4v) is 2.79. The van der Waals surface area contributed by atoms with Crippen LogP contribution in [0.3, 0.4) is 0 Å². The third kappa shape index (κ3) is 2.91. The summed E-state index contributed by atoms with van der Waals surface area (Å²) in [6.45, 7) is 4.21. The molecular weight excluding hydrogens is 220 g/mol. The number of hydrogen-bond acceptors (Lipinski definition) is 2. The van der Waals surface area contributed by atoms with Crippen molar-refractivity contribution >= 4 is 0 Å². The van der Waals surface area contributed by atoms with E-state index in [0.717, 1.165) is 5.56 Å². The SMILES string of the molecule is Cc1cccc(C(C#N)NC2CCCCC2)c1C. The molecule has 1 aromatic rings. The molecule has 0 bridgehead atoms. The minimum absolute atomic E-state index is 0.159. The van der Waals surface area contributed by atoms with E-state index in [9.17, 15) is 5.26 Å². The summed E-state index contributed by atoms with van der Waals surface area (Å²) < 4.78 is 0. The Morgan fingerprint density at radius 1 is 1.22 bits per heavy atom. The molecule has 2 nitrogen and oxygen atoms in total. The zero-order valence-corrected chi connectivity index (χ0v) is 11.4. The Labute approximate surface area is 110 Å². The van der Waals surface area contributed by atoms with Crippen molar-refractivity contribution in [1.82, 2.24) is 5.32 Å². The molecule has 96 valence electrons. The molecular formula is C16H22N2. The summed E-state index contributed by atoms with van der Waals surface area (Å²) in [5.41, 5.74) is 3.65. The Hall–Kier alpha value is -1.33. The van der Waals surface area contributed by atoms with Gasteiger partial charge in [-0.15, -0.1) is 0 Å². The molecule has 0 aliphatic heterocycles. The molecule has 1 aliphatic rings. The van der Waals surface area contributed by atoms with Gasteiger partial charge in [0.05, 0.1) is 6.07 Å². The molecule has 0 spiro atoms. The van der Waals surface area contributed by atoms with E-state index in [0.29, 0.717) is 6.04 Å². The number of benzene rings is 1. The van der Waals surface area contributed by atoms with Crippen LogP contribution in [0, 0.1) is 25.2 Å². The lowest BCUT2D eigenvalue weighted by Gasteiger charge is -2.26. The Morgan fingerprint density at radius 3 is 2.61 bits per heavy atom. The van der Waals surface area contributed by atoms with Gasteiger partial charge in [0.25, 0.3) is 0 Å². The zero-order valence-electron chi connectivity index (χ0n) is 11.4. The summed E-state index contributed by atoms with van der Waals surface area (Å²) in [5.74, 6) is 0. The van der Waals surface area contributed by atoms with E-state index in [1.165, 1.54) is 43.2 Å². The van der Waals surface area contributed by atoms with Crippen molar-refractivity contribution in [3.05, 3.63) is 34.9 Å². The molecule has 1 saturated carbocycles. The lowest BCUT2D eigenvalue weighted by molar-refractivity contribution is 0.359. The zero-order chi connectivity index (χ0) is 13.0. The third-order valence-electron chi connectivity index (χ3n) is 4.09. The van der Waals surface area contributed by atoms with Crippen molar-refractivity contribution in [2.24, 2.45) is 0 Å². The van der Waals surface area contributed by atoms with Gasteiger partial charge in [-0.05, 0) is 43.4 Å². The number of hydrogen-bond donors (Lipinski definition) is 1. The summed E-state index contributed by atoms with van der Waals surface area (Å²) in [7, 11) is 0. The van der Waals surface area contributed by atoms with Crippen LogP contribution in [0.5, 0.6) is 0 Å². The van der Waals surface area contributed by atoms with Gasteiger partial charge in [-0.2, -0.15) is 5.26 Å². The molecule has 2 heteroatoms. The highest BCUT2D eigenvalue weighted by atomic mass is 14.9. The van der Waals surface area contributed by atoms with Gasteiger partial charge in [-0.3, -0.25) is 5.32 Å². The van der Waals surface area contributed by atoms with Crippen LogP contribution in [-0.4, -0.2) is 6.04 Å². The number of rotatable bonds is 3. The molecule has 0 radical (unpaired) electrons. The maximum absolute atomic E-state index is 9.41. The highest BCUT2D eigenvalue weighted by Crippen LogP contribution is 2.24. The molecule has 1 fully saturated rings. The van der Waals surface area contributed by atoms with Gasteiger partial charge in [0.1, 0.15) is 6.04 Å². The number of aryl methyl sites for hydroxylation is 1. The smallest absolute Gasteiger partial charge is 0.121 e. The average molecular weight is 242 g/mol. The highest BCUT2D eigenvalue weighted by molar-refractivity contribution is 5.37. The van der Waals surface area contributed by atoms with Crippen LogP contribution < -0.4 is 5.32 Å². The van der Waals surface area contributed by atoms with E-state index in [2.05, 4.69) is 37.4 Å². The predicted octanol–water partition coefficient (Wildman–Crippen LogP) is 3.79. The molecule has 0 heterocycles. The maximum Gasteiger partial charge on any atom is 0.121 e. The minimum Gasteiger partial charge on any atom is -0.295 e. The standard InChI is InChI=1S/C16H22N2/c1-12-7-6-10-15(13(12)2)16(11-17)18-14-8-4-3-5-9-14/h6-7,10,14,16,18H,3-5,8-9H2,1-2H3. The van der Waals surface area contributed by atoms with Gasteiger partial charge >= 0.3 is 0 Å². The second-order valence-electron chi connectivity index (χ2n) is 5.35. The van der Waals surface area contributed by atoms with Gasteiger partial charge in [0.15, 0.2) is 0 Å². The van der Waals surface area contributed by atoms with Gasteiger partial charge in [0, 0.05) is 6.04 Å². The Morgan fingerprint density at radius 2 is 1.94 bits per heavy atom. The van der Waals surface area contributed by atoms with E-state index in [4.69, 9.17) is 0 Å². The lowest BCUT2D eigenvalue weighted by Crippen LogP contribution is -2.34. The predicted molar refractivity (Wildman–Crippen MR) is 74.3 cm³/mol.